The number of hydrogen-bond donors (Lipinski definition) is 1. The van der Waals surface area contributed by atoms with Crippen molar-refractivity contribution in [3.8, 4) is 0 Å². The van der Waals surface area contributed by atoms with Crippen molar-refractivity contribution in [1.82, 2.24) is 4.72 Å². The highest BCUT2D eigenvalue weighted by molar-refractivity contribution is 7.98. The summed E-state index contributed by atoms with van der Waals surface area (Å²) in [6.07, 6.45) is 2.21. The average Bonchev–Trinajstić information content (AvgIpc) is 2.38. The summed E-state index contributed by atoms with van der Waals surface area (Å²) >= 11 is 1.28. The number of hydrogen-bond acceptors (Lipinski definition) is 4. The predicted octanol–water partition coefficient (Wildman–Crippen LogP) is 2.38. The topological polar surface area (TPSA) is 58.5 Å². The second-order valence-corrected chi connectivity index (χ2v) is 4.52. The van der Waals surface area contributed by atoms with Gasteiger partial charge in [0.25, 0.3) is 0 Å². The zero-order valence-electron chi connectivity index (χ0n) is 10.1. The first-order valence-electron chi connectivity index (χ1n) is 5.67. The van der Waals surface area contributed by atoms with Gasteiger partial charge in [0, 0.05) is 17.7 Å². The highest BCUT2D eigenvalue weighted by atomic mass is 32.2. The van der Waals surface area contributed by atoms with Crippen LogP contribution in [0.1, 0.15) is 24.8 Å². The van der Waals surface area contributed by atoms with Crippen molar-refractivity contribution in [2.24, 2.45) is 4.99 Å². The van der Waals surface area contributed by atoms with Crippen molar-refractivity contribution in [1.29, 1.82) is 0 Å². The first-order valence-corrected chi connectivity index (χ1v) is 6.49. The Morgan fingerprint density at radius 3 is 2.94 bits per heavy atom. The molecule has 1 rings (SSSR count). The zero-order chi connectivity index (χ0) is 13.2. The maximum atomic E-state index is 11.5. The number of nitrogens with zero attached hydrogens (tertiary/aromatic N) is 1. The van der Waals surface area contributed by atoms with E-state index < -0.39 is 0 Å². The molecule has 0 radical (unpaired) electrons. The number of nitrogens with one attached hydrogen (secondary N) is 1. The van der Waals surface area contributed by atoms with Crippen LogP contribution in [0.5, 0.6) is 0 Å². The Morgan fingerprint density at radius 2 is 2.22 bits per heavy atom. The number of aldehydes is 1. The van der Waals surface area contributed by atoms with Crippen molar-refractivity contribution >= 4 is 30.9 Å². The van der Waals surface area contributed by atoms with Gasteiger partial charge in [0.15, 0.2) is 0 Å². The summed E-state index contributed by atoms with van der Waals surface area (Å²) in [5.41, 5.74) is 1.03. The monoisotopic (exact) mass is 264 g/mol. The number of carbonyl (C=O) groups excluding carboxylic acids is 2. The molecule has 0 saturated heterocycles. The number of unbranched alkanes of at least 4 members (excludes halogenated alkanes) is 1. The largest absolute Gasteiger partial charge is 0.303 e. The maximum Gasteiger partial charge on any atom is 0.230 e. The second kappa shape index (κ2) is 8.47. The molecule has 18 heavy (non-hydrogen) atoms. The Morgan fingerprint density at radius 1 is 1.44 bits per heavy atom. The zero-order valence-corrected chi connectivity index (χ0v) is 10.9. The summed E-state index contributed by atoms with van der Waals surface area (Å²) in [7, 11) is 0. The molecule has 0 spiro atoms. The minimum absolute atomic E-state index is 0.0665. The van der Waals surface area contributed by atoms with Crippen molar-refractivity contribution < 1.29 is 9.59 Å². The molecule has 0 aromatic heterocycles. The molecule has 0 bridgehead atoms. The van der Waals surface area contributed by atoms with Crippen LogP contribution < -0.4 is 4.72 Å². The Kier molecular flexibility index (Phi) is 6.79. The van der Waals surface area contributed by atoms with E-state index in [0.29, 0.717) is 25.8 Å². The SMILES string of the molecule is C=NCc1ccccc1SNC(=O)CCCC=O. The van der Waals surface area contributed by atoms with E-state index in [4.69, 9.17) is 0 Å². The minimum Gasteiger partial charge on any atom is -0.303 e. The molecule has 4 nitrogen and oxygen atoms in total. The van der Waals surface area contributed by atoms with Gasteiger partial charge < -0.3 is 4.79 Å². The third-order valence-electron chi connectivity index (χ3n) is 2.26. The van der Waals surface area contributed by atoms with Gasteiger partial charge in [-0.3, -0.25) is 14.5 Å². The van der Waals surface area contributed by atoms with Gasteiger partial charge in [-0.25, -0.2) is 0 Å². The van der Waals surface area contributed by atoms with Crippen molar-refractivity contribution in [3.63, 3.8) is 0 Å². The number of amides is 1. The van der Waals surface area contributed by atoms with Crippen LogP contribution in [0.2, 0.25) is 0 Å². The predicted molar refractivity (Wildman–Crippen MR) is 73.6 cm³/mol. The second-order valence-electron chi connectivity index (χ2n) is 3.68. The molecule has 0 aliphatic carbocycles. The Labute approximate surface area is 111 Å². The maximum absolute atomic E-state index is 11.5. The van der Waals surface area contributed by atoms with Crippen molar-refractivity contribution in [2.45, 2.75) is 30.7 Å². The van der Waals surface area contributed by atoms with Crippen LogP contribution in [0, 0.1) is 0 Å². The van der Waals surface area contributed by atoms with Gasteiger partial charge in [0.05, 0.1) is 6.54 Å². The van der Waals surface area contributed by atoms with Crippen LogP contribution in [-0.2, 0) is 16.1 Å². The molecular weight excluding hydrogens is 248 g/mol. The molecule has 1 aromatic carbocycles. The van der Waals surface area contributed by atoms with Gasteiger partial charge in [-0.1, -0.05) is 18.2 Å². The lowest BCUT2D eigenvalue weighted by molar-refractivity contribution is -0.119. The molecule has 1 amide bonds. The molecule has 5 heteroatoms. The fourth-order valence-electron chi connectivity index (χ4n) is 1.36. The lowest BCUT2D eigenvalue weighted by atomic mass is 10.2. The molecule has 0 heterocycles. The molecule has 0 fully saturated rings. The number of carbonyl (C=O) groups is 2. The van der Waals surface area contributed by atoms with E-state index in [1.165, 1.54) is 11.9 Å². The van der Waals surface area contributed by atoms with Crippen molar-refractivity contribution in [3.05, 3.63) is 29.8 Å². The first kappa shape index (κ1) is 14.4. The van der Waals surface area contributed by atoms with E-state index in [2.05, 4.69) is 16.4 Å². The minimum atomic E-state index is -0.0665. The van der Waals surface area contributed by atoms with E-state index in [1.807, 2.05) is 24.3 Å². The van der Waals surface area contributed by atoms with Gasteiger partial charge in [-0.2, -0.15) is 0 Å². The van der Waals surface area contributed by atoms with E-state index in [0.717, 1.165) is 16.7 Å². The molecule has 1 N–H and O–H groups in total. The highest BCUT2D eigenvalue weighted by Gasteiger charge is 2.05. The Bertz CT molecular complexity index is 421. The fourth-order valence-corrected chi connectivity index (χ4v) is 2.10. The van der Waals surface area contributed by atoms with E-state index >= 15 is 0 Å². The van der Waals surface area contributed by atoms with Crippen LogP contribution >= 0.6 is 11.9 Å². The van der Waals surface area contributed by atoms with Crippen LogP contribution in [0.25, 0.3) is 0 Å². The third-order valence-corrected chi connectivity index (χ3v) is 3.20. The quantitative estimate of drug-likeness (QED) is 0.339. The Balaban J connectivity index is 2.44. The third kappa shape index (κ3) is 5.14. The van der Waals surface area contributed by atoms with Crippen LogP contribution in [0.4, 0.5) is 0 Å². The van der Waals surface area contributed by atoms with Gasteiger partial charge in [-0.05, 0) is 36.7 Å². The summed E-state index contributed by atoms with van der Waals surface area (Å²) in [4.78, 5) is 26.4. The van der Waals surface area contributed by atoms with Crippen LogP contribution in [-0.4, -0.2) is 18.9 Å². The summed E-state index contributed by atoms with van der Waals surface area (Å²) in [6.45, 7) is 3.99. The standard InChI is InChI=1S/C13H16N2O2S/c1-14-10-11-6-2-3-7-12(11)18-15-13(17)8-4-5-9-16/h2-3,6-7,9H,1,4-5,8,10H2,(H,15,17). The molecule has 0 atom stereocenters. The first-order chi connectivity index (χ1) is 8.77. The molecule has 1 aromatic rings. The lowest BCUT2D eigenvalue weighted by Gasteiger charge is -2.07. The van der Waals surface area contributed by atoms with E-state index in [-0.39, 0.29) is 5.91 Å². The van der Waals surface area contributed by atoms with Gasteiger partial charge in [0.1, 0.15) is 6.29 Å². The molecule has 0 aliphatic heterocycles. The molecule has 0 unspecified atom stereocenters. The summed E-state index contributed by atoms with van der Waals surface area (Å²) in [5, 5.41) is 0. The average molecular weight is 264 g/mol. The van der Waals surface area contributed by atoms with Gasteiger partial charge in [-0.15, -0.1) is 0 Å². The molecular formula is C13H16N2O2S. The molecule has 0 saturated carbocycles. The number of rotatable bonds is 8. The van der Waals surface area contributed by atoms with Crippen molar-refractivity contribution in [2.75, 3.05) is 0 Å². The highest BCUT2D eigenvalue weighted by Crippen LogP contribution is 2.20. The van der Waals surface area contributed by atoms with Crippen LogP contribution in [0.3, 0.4) is 0 Å². The lowest BCUT2D eigenvalue weighted by Crippen LogP contribution is -2.15. The van der Waals surface area contributed by atoms with Crippen LogP contribution in [0.15, 0.2) is 34.2 Å². The summed E-state index contributed by atoms with van der Waals surface area (Å²) < 4.78 is 2.76. The fraction of sp³-hybridized carbons (Fsp3) is 0.308. The normalized spacial score (nSPS) is 9.78. The number of benzene rings is 1. The van der Waals surface area contributed by atoms with Gasteiger partial charge >= 0.3 is 0 Å². The van der Waals surface area contributed by atoms with E-state index in [9.17, 15) is 9.59 Å². The molecule has 0 aliphatic rings. The van der Waals surface area contributed by atoms with E-state index in [1.54, 1.807) is 0 Å². The summed E-state index contributed by atoms with van der Waals surface area (Å²) in [5.74, 6) is -0.0665. The van der Waals surface area contributed by atoms with Gasteiger partial charge in [0.2, 0.25) is 5.91 Å². The number of aliphatic imine (C=N–C) groups is 1. The Hall–Kier alpha value is -1.62. The smallest absolute Gasteiger partial charge is 0.230 e. The summed E-state index contributed by atoms with van der Waals surface area (Å²) in [6, 6.07) is 7.72. The molecule has 96 valence electrons.